The highest BCUT2D eigenvalue weighted by molar-refractivity contribution is 5.91. The Kier molecular flexibility index (Phi) is 3.53. The van der Waals surface area contributed by atoms with Gasteiger partial charge in [-0.25, -0.2) is 5.84 Å². The molecule has 7 heteroatoms. The Bertz CT molecular complexity index is 574. The van der Waals surface area contributed by atoms with Crippen LogP contribution in [0.1, 0.15) is 34.9 Å². The van der Waals surface area contributed by atoms with E-state index in [0.29, 0.717) is 18.3 Å². The number of amides is 1. The monoisotopic (exact) mass is 276 g/mol. The fourth-order valence-corrected chi connectivity index (χ4v) is 2.13. The molecule has 106 valence electrons. The van der Waals surface area contributed by atoms with Gasteiger partial charge in [0.25, 0.3) is 5.91 Å². The number of hydrogen-bond acceptors (Lipinski definition) is 6. The second-order valence-electron chi connectivity index (χ2n) is 4.87. The van der Waals surface area contributed by atoms with Gasteiger partial charge in [-0.2, -0.15) is 0 Å². The van der Waals surface area contributed by atoms with Gasteiger partial charge in [0.15, 0.2) is 11.5 Å². The number of hydrogen-bond donors (Lipinski definition) is 2. The molecule has 3 N–H and O–H groups in total. The lowest BCUT2D eigenvalue weighted by molar-refractivity contribution is 0.0944. The Morgan fingerprint density at radius 3 is 2.90 bits per heavy atom. The SMILES string of the molecule is NNC(=O)c1cc(CN(Cc2ccco2)C2CC2)on1. The lowest BCUT2D eigenvalue weighted by Gasteiger charge is -2.18. The van der Waals surface area contributed by atoms with Gasteiger partial charge in [0.2, 0.25) is 0 Å². The molecule has 0 bridgehead atoms. The number of nitrogens with zero attached hydrogens (tertiary/aromatic N) is 2. The van der Waals surface area contributed by atoms with Gasteiger partial charge in [-0.15, -0.1) is 0 Å². The van der Waals surface area contributed by atoms with Crippen LogP contribution in [-0.2, 0) is 13.1 Å². The van der Waals surface area contributed by atoms with Crippen molar-refractivity contribution in [3.05, 3.63) is 41.7 Å². The van der Waals surface area contributed by atoms with E-state index in [0.717, 1.165) is 12.3 Å². The van der Waals surface area contributed by atoms with Crippen LogP contribution in [0.25, 0.3) is 0 Å². The average Bonchev–Trinajstić information content (AvgIpc) is 2.99. The van der Waals surface area contributed by atoms with Gasteiger partial charge in [-0.05, 0) is 25.0 Å². The molecule has 20 heavy (non-hydrogen) atoms. The van der Waals surface area contributed by atoms with Crippen molar-refractivity contribution >= 4 is 5.91 Å². The Morgan fingerprint density at radius 1 is 1.45 bits per heavy atom. The Morgan fingerprint density at radius 2 is 2.25 bits per heavy atom. The van der Waals surface area contributed by atoms with Crippen LogP contribution in [0.3, 0.4) is 0 Å². The highest BCUT2D eigenvalue weighted by Gasteiger charge is 2.30. The predicted octanol–water partition coefficient (Wildman–Crippen LogP) is 1.04. The molecule has 1 aliphatic carbocycles. The first-order chi connectivity index (χ1) is 9.76. The number of rotatable bonds is 6. The Balaban J connectivity index is 1.67. The zero-order chi connectivity index (χ0) is 13.9. The Labute approximate surface area is 115 Å². The number of nitrogen functional groups attached to an aromatic ring is 1. The van der Waals surface area contributed by atoms with Crippen molar-refractivity contribution in [1.82, 2.24) is 15.5 Å². The maximum Gasteiger partial charge on any atom is 0.287 e. The lowest BCUT2D eigenvalue weighted by Crippen LogP contribution is -2.30. The quantitative estimate of drug-likeness (QED) is 0.464. The number of carbonyl (C=O) groups is 1. The minimum Gasteiger partial charge on any atom is -0.468 e. The van der Waals surface area contributed by atoms with Crippen molar-refractivity contribution in [3.8, 4) is 0 Å². The third-order valence-electron chi connectivity index (χ3n) is 3.28. The molecule has 0 aliphatic heterocycles. The third kappa shape index (κ3) is 2.89. The van der Waals surface area contributed by atoms with E-state index in [9.17, 15) is 4.79 Å². The molecule has 0 aromatic carbocycles. The lowest BCUT2D eigenvalue weighted by atomic mass is 10.3. The van der Waals surface area contributed by atoms with E-state index < -0.39 is 5.91 Å². The Hall–Kier alpha value is -2.12. The summed E-state index contributed by atoms with van der Waals surface area (Å²) in [4.78, 5) is 13.6. The topological polar surface area (TPSA) is 97.5 Å². The van der Waals surface area contributed by atoms with Crippen molar-refractivity contribution in [2.75, 3.05) is 0 Å². The molecule has 1 saturated carbocycles. The summed E-state index contributed by atoms with van der Waals surface area (Å²) in [6, 6.07) is 5.97. The molecule has 0 radical (unpaired) electrons. The second-order valence-corrected chi connectivity index (χ2v) is 4.87. The first-order valence-electron chi connectivity index (χ1n) is 6.49. The maximum absolute atomic E-state index is 11.3. The first kappa shape index (κ1) is 12.9. The predicted molar refractivity (Wildman–Crippen MR) is 69.1 cm³/mol. The van der Waals surface area contributed by atoms with Crippen LogP contribution >= 0.6 is 0 Å². The molecular formula is C13H16N4O3. The van der Waals surface area contributed by atoms with Gasteiger partial charge in [0.1, 0.15) is 5.76 Å². The van der Waals surface area contributed by atoms with E-state index in [1.165, 1.54) is 12.8 Å². The largest absolute Gasteiger partial charge is 0.468 e. The van der Waals surface area contributed by atoms with Gasteiger partial charge in [0, 0.05) is 12.1 Å². The van der Waals surface area contributed by atoms with E-state index in [4.69, 9.17) is 14.8 Å². The first-order valence-corrected chi connectivity index (χ1v) is 6.49. The van der Waals surface area contributed by atoms with E-state index in [1.807, 2.05) is 17.6 Å². The van der Waals surface area contributed by atoms with Crippen LogP contribution in [0.15, 0.2) is 33.4 Å². The van der Waals surface area contributed by atoms with Crippen LogP contribution < -0.4 is 11.3 Å². The van der Waals surface area contributed by atoms with Crippen LogP contribution in [0.2, 0.25) is 0 Å². The van der Waals surface area contributed by atoms with Crippen molar-refractivity contribution in [1.29, 1.82) is 0 Å². The van der Waals surface area contributed by atoms with E-state index in [2.05, 4.69) is 10.1 Å². The zero-order valence-electron chi connectivity index (χ0n) is 10.9. The molecule has 1 fully saturated rings. The molecule has 0 spiro atoms. The van der Waals surface area contributed by atoms with Gasteiger partial charge in [-0.1, -0.05) is 5.16 Å². The molecule has 1 aliphatic rings. The third-order valence-corrected chi connectivity index (χ3v) is 3.28. The number of nitrogens with one attached hydrogen (secondary N) is 1. The summed E-state index contributed by atoms with van der Waals surface area (Å²) in [6.45, 7) is 1.31. The molecule has 0 atom stereocenters. The molecule has 2 heterocycles. The molecule has 0 saturated heterocycles. The number of nitrogens with two attached hydrogens (primary N) is 1. The number of carbonyl (C=O) groups excluding carboxylic acids is 1. The zero-order valence-corrected chi connectivity index (χ0v) is 10.9. The van der Waals surface area contributed by atoms with Crippen molar-refractivity contribution in [2.24, 2.45) is 5.84 Å². The van der Waals surface area contributed by atoms with Crippen LogP contribution in [-0.4, -0.2) is 22.0 Å². The standard InChI is InChI=1S/C13H16N4O3/c14-15-13(18)12-6-11(20-16-12)8-17(9-3-4-9)7-10-2-1-5-19-10/h1-2,5-6,9H,3-4,7-8,14H2,(H,15,18). The second kappa shape index (κ2) is 5.48. The smallest absolute Gasteiger partial charge is 0.287 e. The number of aromatic nitrogens is 1. The highest BCUT2D eigenvalue weighted by Crippen LogP contribution is 2.30. The van der Waals surface area contributed by atoms with E-state index in [1.54, 1.807) is 12.3 Å². The molecule has 3 rings (SSSR count). The summed E-state index contributed by atoms with van der Waals surface area (Å²) < 4.78 is 10.5. The van der Waals surface area contributed by atoms with Crippen molar-refractivity contribution in [2.45, 2.75) is 32.0 Å². The minimum absolute atomic E-state index is 0.191. The summed E-state index contributed by atoms with van der Waals surface area (Å²) in [7, 11) is 0. The van der Waals surface area contributed by atoms with Gasteiger partial charge >= 0.3 is 0 Å². The average molecular weight is 276 g/mol. The highest BCUT2D eigenvalue weighted by atomic mass is 16.5. The molecule has 2 aromatic heterocycles. The minimum atomic E-state index is -0.455. The fourth-order valence-electron chi connectivity index (χ4n) is 2.13. The van der Waals surface area contributed by atoms with E-state index >= 15 is 0 Å². The maximum atomic E-state index is 11.3. The molecule has 1 amide bonds. The summed E-state index contributed by atoms with van der Waals surface area (Å²) in [6.07, 6.45) is 4.01. The summed E-state index contributed by atoms with van der Waals surface area (Å²) in [5, 5.41) is 3.70. The summed E-state index contributed by atoms with van der Waals surface area (Å²) in [5.74, 6) is 6.16. The van der Waals surface area contributed by atoms with Crippen LogP contribution in [0, 0.1) is 0 Å². The van der Waals surface area contributed by atoms with Gasteiger partial charge in [0.05, 0.1) is 19.4 Å². The van der Waals surface area contributed by atoms with Crippen LogP contribution in [0.4, 0.5) is 0 Å². The molecule has 2 aromatic rings. The molecule has 7 nitrogen and oxygen atoms in total. The van der Waals surface area contributed by atoms with Crippen LogP contribution in [0.5, 0.6) is 0 Å². The van der Waals surface area contributed by atoms with Gasteiger partial charge in [-0.3, -0.25) is 15.1 Å². The normalized spacial score (nSPS) is 14.7. The molecule has 0 unspecified atom stereocenters. The fraction of sp³-hybridized carbons (Fsp3) is 0.385. The number of hydrazine groups is 1. The number of furan rings is 1. The van der Waals surface area contributed by atoms with Gasteiger partial charge < -0.3 is 8.94 Å². The molecular weight excluding hydrogens is 260 g/mol. The van der Waals surface area contributed by atoms with Crippen molar-refractivity contribution < 1.29 is 13.7 Å². The van der Waals surface area contributed by atoms with E-state index in [-0.39, 0.29) is 5.69 Å². The summed E-state index contributed by atoms with van der Waals surface area (Å²) >= 11 is 0. The van der Waals surface area contributed by atoms with Crippen molar-refractivity contribution in [3.63, 3.8) is 0 Å². The summed E-state index contributed by atoms with van der Waals surface area (Å²) in [5.41, 5.74) is 2.22.